The molecule has 3 unspecified atom stereocenters. The molecule has 244 valence electrons. The van der Waals surface area contributed by atoms with Gasteiger partial charge in [-0.1, -0.05) is 58.3 Å². The lowest BCUT2D eigenvalue weighted by Gasteiger charge is -2.65. The van der Waals surface area contributed by atoms with Crippen molar-refractivity contribution in [2.75, 3.05) is 0 Å². The molecule has 2 saturated carbocycles. The molecule has 0 aromatic heterocycles. The summed E-state index contributed by atoms with van der Waals surface area (Å²) in [6.07, 6.45) is -1.07. The molecule has 0 heterocycles. The average Bonchev–Trinajstić information content (AvgIpc) is 2.83. The van der Waals surface area contributed by atoms with Gasteiger partial charge < -0.3 is 0 Å². The third-order valence-corrected chi connectivity index (χ3v) is 7.75. The van der Waals surface area contributed by atoms with Crippen LogP contribution in [0.3, 0.4) is 0 Å². The first-order valence-corrected chi connectivity index (χ1v) is 12.2. The van der Waals surface area contributed by atoms with Crippen molar-refractivity contribution in [3.05, 3.63) is 0 Å². The van der Waals surface area contributed by atoms with Crippen molar-refractivity contribution in [2.24, 2.45) is 0 Å². The first-order valence-electron chi connectivity index (χ1n) is 12.2. The minimum Gasteiger partial charge on any atom is -0.226 e. The highest BCUT2D eigenvalue weighted by atomic mass is 19.4. The van der Waals surface area contributed by atoms with E-state index in [1.165, 1.54) is 0 Å². The molecule has 0 saturated heterocycles. The summed E-state index contributed by atoms with van der Waals surface area (Å²) in [5.74, 6) is -66.4. The minimum atomic E-state index is -8.80. The number of hydrogen-bond donors (Lipinski definition) is 0. The van der Waals surface area contributed by atoms with Crippen molar-refractivity contribution in [2.45, 2.75) is 136 Å². The summed E-state index contributed by atoms with van der Waals surface area (Å²) in [4.78, 5) is 0. The van der Waals surface area contributed by atoms with Gasteiger partial charge in [0, 0.05) is 6.42 Å². The van der Waals surface area contributed by atoms with Crippen molar-refractivity contribution in [3.8, 4) is 0 Å². The van der Waals surface area contributed by atoms with Crippen LogP contribution < -0.4 is 0 Å². The van der Waals surface area contributed by atoms with E-state index >= 15 is 8.78 Å². The Morgan fingerprint density at radius 1 is 0.366 bits per heavy atom. The van der Waals surface area contributed by atoms with Gasteiger partial charge in [-0.2, -0.15) is 61.5 Å². The van der Waals surface area contributed by atoms with E-state index in [1.807, 2.05) is 6.92 Å². The molecule has 19 heteroatoms. The van der Waals surface area contributed by atoms with Gasteiger partial charge in [0.05, 0.1) is 0 Å². The van der Waals surface area contributed by atoms with Crippen LogP contribution in [0.25, 0.3) is 0 Å². The molecular weight excluding hydrogens is 625 g/mol. The van der Waals surface area contributed by atoms with Gasteiger partial charge in [-0.05, 0) is 6.42 Å². The maximum Gasteiger partial charge on any atom is 0.382 e. The van der Waals surface area contributed by atoms with Crippen LogP contribution in [-0.2, 0) is 0 Å². The van der Waals surface area contributed by atoms with Gasteiger partial charge in [-0.25, -0.2) is 22.0 Å². The molecule has 2 aliphatic rings. The average molecular weight is 648 g/mol. The van der Waals surface area contributed by atoms with Crippen LogP contribution in [0.1, 0.15) is 71.1 Å². The van der Waals surface area contributed by atoms with Gasteiger partial charge in [0.15, 0.2) is 0 Å². The van der Waals surface area contributed by atoms with Gasteiger partial charge >= 0.3 is 47.1 Å². The van der Waals surface area contributed by atoms with E-state index in [1.54, 1.807) is 0 Å². The topological polar surface area (TPSA) is 0 Å². The van der Waals surface area contributed by atoms with Crippen LogP contribution in [0.2, 0.25) is 0 Å². The molecule has 0 aromatic carbocycles. The van der Waals surface area contributed by atoms with E-state index < -0.39 is 83.6 Å². The molecule has 0 aliphatic heterocycles. The number of fused-ring (bicyclic) bond motifs is 1. The normalized spacial score (nSPS) is 36.0. The van der Waals surface area contributed by atoms with E-state index in [9.17, 15) is 74.6 Å². The zero-order chi connectivity index (χ0) is 32.6. The quantitative estimate of drug-likeness (QED) is 0.155. The standard InChI is InChI=1S/C22H23F19/c1-2-3-4-5-6-7-8-9-10-11-12(23,24)13(25)16(28,29)14(26)15(27,18(32,33)17(13,30)31)20(36,37)22(40,41)21(38,39)19(14,34)35/h2-11H2,1H3. The second kappa shape index (κ2) is 9.84. The van der Waals surface area contributed by atoms with E-state index in [0.717, 1.165) is 19.3 Å². The number of hydrogen-bond acceptors (Lipinski definition) is 0. The fourth-order valence-electron chi connectivity index (χ4n) is 5.24. The van der Waals surface area contributed by atoms with Gasteiger partial charge in [0.1, 0.15) is 0 Å². The molecular formula is C22H23F19. The highest BCUT2D eigenvalue weighted by Gasteiger charge is 3.16. The van der Waals surface area contributed by atoms with E-state index in [0.29, 0.717) is 12.8 Å². The molecule has 2 aliphatic carbocycles. The molecule has 0 amide bonds. The zero-order valence-corrected chi connectivity index (χ0v) is 20.8. The molecule has 41 heavy (non-hydrogen) atoms. The van der Waals surface area contributed by atoms with Crippen molar-refractivity contribution in [1.29, 1.82) is 0 Å². The first kappa shape index (κ1) is 35.9. The first-order chi connectivity index (χ1) is 18.1. The van der Waals surface area contributed by atoms with Crippen molar-refractivity contribution >= 4 is 0 Å². The third-order valence-electron chi connectivity index (χ3n) is 7.75. The molecule has 0 N–H and O–H groups in total. The van der Waals surface area contributed by atoms with Gasteiger partial charge in [0.25, 0.3) is 17.3 Å². The number of rotatable bonds is 11. The van der Waals surface area contributed by atoms with Gasteiger partial charge in [0.2, 0.25) is 0 Å². The second-order valence-corrected chi connectivity index (χ2v) is 10.3. The van der Waals surface area contributed by atoms with Crippen molar-refractivity contribution in [1.82, 2.24) is 0 Å². The number of unbranched alkanes of at least 4 members (excludes halogenated alkanes) is 8. The zero-order valence-electron chi connectivity index (χ0n) is 20.8. The molecule has 3 atom stereocenters. The van der Waals surface area contributed by atoms with Crippen molar-refractivity contribution < 1.29 is 83.4 Å². The molecule has 0 radical (unpaired) electrons. The number of alkyl halides is 19. The summed E-state index contributed by atoms with van der Waals surface area (Å²) >= 11 is 0. The second-order valence-electron chi connectivity index (χ2n) is 10.3. The molecule has 2 fully saturated rings. The summed E-state index contributed by atoms with van der Waals surface area (Å²) in [6.45, 7) is 1.87. The van der Waals surface area contributed by atoms with Gasteiger partial charge in [-0.3, -0.25) is 0 Å². The van der Waals surface area contributed by atoms with E-state index in [2.05, 4.69) is 0 Å². The Bertz CT molecular complexity index is 959. The highest BCUT2D eigenvalue weighted by Crippen LogP contribution is 2.82. The molecule has 2 rings (SSSR count). The summed E-state index contributed by atoms with van der Waals surface area (Å²) in [5, 5.41) is 0. The SMILES string of the molecule is CCCCCCCCCCCC(F)(F)C1(F)C(F)(F)C(F)(F)C2(F)C(F)(F)C(F)(F)C(F)(F)C(F)(F)C2(F)C1(F)F. The summed E-state index contributed by atoms with van der Waals surface area (Å²) in [5.41, 5.74) is -25.7. The molecule has 0 bridgehead atoms. The fraction of sp³-hybridized carbons (Fsp3) is 1.00. The Labute approximate surface area is 220 Å². The van der Waals surface area contributed by atoms with Crippen molar-refractivity contribution in [3.63, 3.8) is 0 Å². The maximum absolute atomic E-state index is 15.2. The Morgan fingerprint density at radius 2 is 0.659 bits per heavy atom. The third kappa shape index (κ3) is 3.69. The van der Waals surface area contributed by atoms with Crippen LogP contribution in [0.4, 0.5) is 83.4 Å². The monoisotopic (exact) mass is 648 g/mol. The van der Waals surface area contributed by atoms with Gasteiger partial charge in [-0.15, -0.1) is 0 Å². The minimum absolute atomic E-state index is 0.101. The fourth-order valence-corrected chi connectivity index (χ4v) is 5.24. The van der Waals surface area contributed by atoms with Crippen LogP contribution in [-0.4, -0.2) is 64.4 Å². The lowest BCUT2D eigenvalue weighted by molar-refractivity contribution is -0.559. The Hall–Kier alpha value is -1.33. The number of halogens is 19. The Kier molecular flexibility index (Phi) is 8.61. The predicted octanol–water partition coefficient (Wildman–Crippen LogP) is 10.1. The lowest BCUT2D eigenvalue weighted by Crippen LogP contribution is -3.00. The Morgan fingerprint density at radius 3 is 1.02 bits per heavy atom. The van der Waals surface area contributed by atoms with E-state index in [-0.39, 0.29) is 12.8 Å². The van der Waals surface area contributed by atoms with Crippen LogP contribution in [0, 0.1) is 0 Å². The lowest BCUT2D eigenvalue weighted by atomic mass is 9.51. The summed E-state index contributed by atoms with van der Waals surface area (Å²) in [6, 6.07) is 0. The highest BCUT2D eigenvalue weighted by molar-refractivity contribution is 5.45. The smallest absolute Gasteiger partial charge is 0.226 e. The maximum atomic E-state index is 15.2. The summed E-state index contributed by atoms with van der Waals surface area (Å²) in [7, 11) is 0. The molecule has 0 nitrogen and oxygen atoms in total. The Balaban J connectivity index is 2.67. The van der Waals surface area contributed by atoms with Crippen LogP contribution in [0.15, 0.2) is 0 Å². The van der Waals surface area contributed by atoms with Crippen LogP contribution in [0.5, 0.6) is 0 Å². The summed E-state index contributed by atoms with van der Waals surface area (Å²) < 4.78 is 274. The van der Waals surface area contributed by atoms with Crippen LogP contribution >= 0.6 is 0 Å². The molecule has 0 spiro atoms. The van der Waals surface area contributed by atoms with E-state index in [4.69, 9.17) is 0 Å². The largest absolute Gasteiger partial charge is 0.382 e. The predicted molar refractivity (Wildman–Crippen MR) is 103 cm³/mol. The molecule has 0 aromatic rings.